The van der Waals surface area contributed by atoms with Gasteiger partial charge in [-0.25, -0.2) is 0 Å². The van der Waals surface area contributed by atoms with Crippen molar-refractivity contribution < 1.29 is 0 Å². The van der Waals surface area contributed by atoms with Gasteiger partial charge in [0.25, 0.3) is 0 Å². The Kier molecular flexibility index (Phi) is 6.59. The van der Waals surface area contributed by atoms with Crippen molar-refractivity contribution in [2.75, 3.05) is 0 Å². The van der Waals surface area contributed by atoms with Gasteiger partial charge >= 0.3 is 0 Å². The molecule has 0 aliphatic carbocycles. The lowest BCUT2D eigenvalue weighted by Gasteiger charge is -2.35. The molecule has 0 saturated carbocycles. The van der Waals surface area contributed by atoms with Gasteiger partial charge in [-0.2, -0.15) is 0 Å². The lowest BCUT2D eigenvalue weighted by molar-refractivity contribution is 0.561. The molecule has 4 aromatic rings. The van der Waals surface area contributed by atoms with Gasteiger partial charge in [-0.05, 0) is 28.7 Å². The van der Waals surface area contributed by atoms with Gasteiger partial charge in [-0.15, -0.1) is 0 Å². The quantitative estimate of drug-likeness (QED) is 0.354. The Labute approximate surface area is 184 Å². The highest BCUT2D eigenvalue weighted by Crippen LogP contribution is 2.56. The van der Waals surface area contributed by atoms with Crippen molar-refractivity contribution in [1.82, 2.24) is 5.32 Å². The van der Waals surface area contributed by atoms with Crippen molar-refractivity contribution in [1.29, 1.82) is 0 Å². The van der Waals surface area contributed by atoms with E-state index in [-0.39, 0.29) is 11.8 Å². The molecule has 0 spiro atoms. The Bertz CT molecular complexity index is 1060. The summed E-state index contributed by atoms with van der Waals surface area (Å²) in [5.41, 5.74) is 2.50. The van der Waals surface area contributed by atoms with Gasteiger partial charge in [-0.3, -0.25) is 5.32 Å². The molecule has 150 valence electrons. The van der Waals surface area contributed by atoms with Crippen molar-refractivity contribution in [2.24, 2.45) is 0 Å². The first kappa shape index (κ1) is 20.8. The fourth-order valence-electron chi connectivity index (χ4n) is 3.87. The number of rotatable bonds is 7. The van der Waals surface area contributed by atoms with Crippen LogP contribution in [0.25, 0.3) is 0 Å². The fourth-order valence-corrected chi connectivity index (χ4v) is 8.30. The molecule has 1 N–H and O–H groups in total. The molecule has 0 heterocycles. The van der Waals surface area contributed by atoms with Crippen LogP contribution in [0.3, 0.4) is 0 Å². The van der Waals surface area contributed by atoms with E-state index in [0.29, 0.717) is 0 Å². The maximum Gasteiger partial charge on any atom is 0.0698 e. The molecule has 0 bridgehead atoms. The zero-order chi connectivity index (χ0) is 20.8. The maximum absolute atomic E-state index is 6.66. The Morgan fingerprint density at radius 2 is 0.933 bits per heavy atom. The monoisotopic (exact) mass is 427 g/mol. The zero-order valence-corrected chi connectivity index (χ0v) is 18.8. The molecule has 2 atom stereocenters. The van der Waals surface area contributed by atoms with E-state index in [1.807, 2.05) is 0 Å². The molecule has 1 nitrogen and oxygen atoms in total. The smallest absolute Gasteiger partial charge is 0.0698 e. The third-order valence-electron chi connectivity index (χ3n) is 5.47. The largest absolute Gasteiger partial charge is 0.299 e. The third kappa shape index (κ3) is 4.32. The summed E-state index contributed by atoms with van der Waals surface area (Å²) in [4.78, 5) is 0. The van der Waals surface area contributed by atoms with Crippen LogP contribution in [-0.4, -0.2) is 0 Å². The summed E-state index contributed by atoms with van der Waals surface area (Å²) in [6, 6.07) is 40.5. The van der Waals surface area contributed by atoms with Crippen LogP contribution < -0.4 is 15.9 Å². The van der Waals surface area contributed by atoms with E-state index in [2.05, 4.69) is 134 Å². The molecule has 0 aromatic heterocycles. The third-order valence-corrected chi connectivity index (χ3v) is 10.7. The standard InChI is InChI=1S/C27H26NPS/c1-22(23-14-6-2-7-15-23)28-27(24-16-8-3-9-17-24)29(30,25-18-10-4-11-19-25)26-20-12-5-13-21-26/h2-22,27-28H,1H3/t22-,27+/m0/s1. The molecule has 0 aliphatic rings. The molecule has 0 amide bonds. The first-order valence-electron chi connectivity index (χ1n) is 10.3. The van der Waals surface area contributed by atoms with E-state index in [1.165, 1.54) is 21.7 Å². The molecule has 0 aliphatic heterocycles. The first-order valence-corrected chi connectivity index (χ1v) is 13.1. The Morgan fingerprint density at radius 3 is 1.37 bits per heavy atom. The fraction of sp³-hybridized carbons (Fsp3) is 0.111. The van der Waals surface area contributed by atoms with Crippen molar-refractivity contribution in [3.63, 3.8) is 0 Å². The molecule has 0 saturated heterocycles. The minimum absolute atomic E-state index is 0.0220. The van der Waals surface area contributed by atoms with Crippen LogP contribution in [0, 0.1) is 0 Å². The molecule has 3 heteroatoms. The lowest BCUT2D eigenvalue weighted by Crippen LogP contribution is -2.32. The normalized spacial score (nSPS) is 13.5. The van der Waals surface area contributed by atoms with E-state index in [0.717, 1.165) is 0 Å². The van der Waals surface area contributed by atoms with Crippen LogP contribution in [-0.2, 0) is 11.8 Å². The van der Waals surface area contributed by atoms with Crippen molar-refractivity contribution >= 4 is 28.5 Å². The SMILES string of the molecule is C[C@H](N[C@@H](c1ccccc1)P(=S)(c1ccccc1)c1ccccc1)c1ccccc1. The minimum atomic E-state index is -2.21. The maximum atomic E-state index is 6.66. The Morgan fingerprint density at radius 1 is 0.567 bits per heavy atom. The number of hydrogen-bond acceptors (Lipinski definition) is 2. The van der Waals surface area contributed by atoms with Gasteiger partial charge in [0.05, 0.1) is 5.78 Å². The topological polar surface area (TPSA) is 12.0 Å². The second-order valence-electron chi connectivity index (χ2n) is 7.44. The first-order chi connectivity index (χ1) is 14.7. The highest BCUT2D eigenvalue weighted by Gasteiger charge is 2.34. The highest BCUT2D eigenvalue weighted by atomic mass is 32.4. The average Bonchev–Trinajstić information content (AvgIpc) is 2.84. The van der Waals surface area contributed by atoms with E-state index >= 15 is 0 Å². The van der Waals surface area contributed by atoms with Crippen LogP contribution in [0.2, 0.25) is 0 Å². The predicted octanol–water partition coefficient (Wildman–Crippen LogP) is 6.17. The molecule has 0 radical (unpaired) electrons. The van der Waals surface area contributed by atoms with Gasteiger partial charge in [0, 0.05) is 12.1 Å². The van der Waals surface area contributed by atoms with Gasteiger partial charge in [0.15, 0.2) is 0 Å². The van der Waals surface area contributed by atoms with E-state index in [9.17, 15) is 0 Å². The molecule has 30 heavy (non-hydrogen) atoms. The number of hydrogen-bond donors (Lipinski definition) is 1. The summed E-state index contributed by atoms with van der Waals surface area (Å²) in [6.45, 7) is 2.22. The Hall–Kier alpha value is -2.51. The van der Waals surface area contributed by atoms with Gasteiger partial charge in [0.1, 0.15) is 0 Å². The molecule has 0 unspecified atom stereocenters. The summed E-state index contributed by atoms with van der Waals surface area (Å²) in [6.07, 6.45) is 0. The highest BCUT2D eigenvalue weighted by molar-refractivity contribution is 8.22. The van der Waals surface area contributed by atoms with Gasteiger partial charge < -0.3 is 0 Å². The summed E-state index contributed by atoms with van der Waals surface area (Å²) in [5, 5.41) is 6.39. The lowest BCUT2D eigenvalue weighted by atomic mass is 10.1. The predicted molar refractivity (Wildman–Crippen MR) is 134 cm³/mol. The summed E-state index contributed by atoms with van der Waals surface area (Å²) < 4.78 is 0. The van der Waals surface area contributed by atoms with Gasteiger partial charge in [-0.1, -0.05) is 133 Å². The summed E-state index contributed by atoms with van der Waals surface area (Å²) in [5.74, 6) is 0.0220. The van der Waals surface area contributed by atoms with Crippen LogP contribution in [0.1, 0.15) is 29.9 Å². The number of nitrogens with one attached hydrogen (secondary N) is 1. The molecule has 0 fully saturated rings. The minimum Gasteiger partial charge on any atom is -0.299 e. The molecule has 4 rings (SSSR count). The average molecular weight is 428 g/mol. The van der Waals surface area contributed by atoms with Crippen molar-refractivity contribution in [2.45, 2.75) is 18.7 Å². The second kappa shape index (κ2) is 9.53. The second-order valence-corrected chi connectivity index (χ2v) is 12.0. The van der Waals surface area contributed by atoms with E-state index in [1.54, 1.807) is 0 Å². The molecule has 4 aromatic carbocycles. The Balaban J connectivity index is 1.87. The van der Waals surface area contributed by atoms with Crippen molar-refractivity contribution in [3.8, 4) is 0 Å². The molecular weight excluding hydrogens is 401 g/mol. The summed E-state index contributed by atoms with van der Waals surface area (Å²) >= 11 is 6.66. The zero-order valence-electron chi connectivity index (χ0n) is 17.1. The van der Waals surface area contributed by atoms with Crippen LogP contribution in [0.5, 0.6) is 0 Å². The van der Waals surface area contributed by atoms with E-state index in [4.69, 9.17) is 11.8 Å². The van der Waals surface area contributed by atoms with Crippen LogP contribution in [0.4, 0.5) is 0 Å². The van der Waals surface area contributed by atoms with Crippen LogP contribution in [0.15, 0.2) is 121 Å². The van der Waals surface area contributed by atoms with Crippen LogP contribution >= 0.6 is 6.04 Å². The summed E-state index contributed by atoms with van der Waals surface area (Å²) in [7, 11) is 0. The molecular formula is C27H26NPS. The van der Waals surface area contributed by atoms with Gasteiger partial charge in [0.2, 0.25) is 0 Å². The number of benzene rings is 4. The van der Waals surface area contributed by atoms with Crippen molar-refractivity contribution in [3.05, 3.63) is 132 Å². The van der Waals surface area contributed by atoms with E-state index < -0.39 is 6.04 Å².